The van der Waals surface area contributed by atoms with Crippen molar-refractivity contribution < 1.29 is 95.6 Å². The van der Waals surface area contributed by atoms with E-state index in [0.29, 0.717) is 12.1 Å². The Morgan fingerprint density at radius 3 is 1.30 bits per heavy atom. The zero-order chi connectivity index (χ0) is 29.9. The summed E-state index contributed by atoms with van der Waals surface area (Å²) in [6, 6.07) is 2.18. The number of alkyl halides is 18. The second kappa shape index (κ2) is 8.93. The van der Waals surface area contributed by atoms with Gasteiger partial charge in [0.15, 0.2) is 12.4 Å². The van der Waals surface area contributed by atoms with Crippen LogP contribution in [0, 0.1) is 0 Å². The summed E-state index contributed by atoms with van der Waals surface area (Å²) in [5, 5.41) is 0. The highest BCUT2D eigenvalue weighted by molar-refractivity contribution is 7.80. The molecule has 37 heavy (non-hydrogen) atoms. The van der Waals surface area contributed by atoms with Gasteiger partial charge in [-0.05, 0) is 0 Å². The first-order chi connectivity index (χ1) is 16.0. The number of rotatable bonds is 10. The lowest BCUT2D eigenvalue weighted by atomic mass is 9.89. The highest BCUT2D eigenvalue weighted by Crippen LogP contribution is 2.63. The van der Waals surface area contributed by atoms with Gasteiger partial charge in [0.1, 0.15) is 0 Å². The van der Waals surface area contributed by atoms with Gasteiger partial charge < -0.3 is 0 Å². The highest BCUT2D eigenvalue weighted by Gasteiger charge is 2.94. The maximum absolute atomic E-state index is 13.7. The first-order valence-electron chi connectivity index (χ1n) is 8.24. The Morgan fingerprint density at radius 1 is 0.568 bits per heavy atom. The van der Waals surface area contributed by atoms with Gasteiger partial charge in [0.25, 0.3) is 6.17 Å². The van der Waals surface area contributed by atoms with Crippen LogP contribution >= 0.6 is 0 Å². The Balaban J connectivity index is 3.64. The van der Waals surface area contributed by atoms with Crippen LogP contribution in [0.5, 0.6) is 0 Å². The second-order valence-electron chi connectivity index (χ2n) is 6.66. The van der Waals surface area contributed by atoms with Crippen LogP contribution in [0.2, 0.25) is 0 Å². The molecule has 0 spiro atoms. The maximum atomic E-state index is 13.7. The fourth-order valence-electron chi connectivity index (χ4n) is 2.11. The average molecular weight is 610 g/mol. The first kappa shape index (κ1) is 32.8. The van der Waals surface area contributed by atoms with Crippen molar-refractivity contribution in [3.63, 3.8) is 0 Å². The van der Waals surface area contributed by atoms with Crippen molar-refractivity contribution >= 4 is 10.3 Å². The van der Waals surface area contributed by atoms with Crippen molar-refractivity contribution in [3.05, 3.63) is 30.6 Å². The molecule has 23 heteroatoms. The molecule has 4 nitrogen and oxygen atoms in total. The SMILES string of the molecule is O=S(=O)(OC(F)(F)C(F)(F)C(F)(F)C(F)(F)C(F)(F)C(F)(F)C(F)(F)C(F)C(F)(F)F)[n+]1ccccc1. The minimum absolute atomic E-state index is 0.168. The van der Waals surface area contributed by atoms with E-state index in [4.69, 9.17) is 0 Å². The minimum atomic E-state index is -8.88. The molecule has 216 valence electrons. The van der Waals surface area contributed by atoms with E-state index in [1.54, 1.807) is 0 Å². The molecule has 1 aromatic rings. The van der Waals surface area contributed by atoms with E-state index in [-0.39, 0.29) is 12.4 Å². The maximum Gasteiger partial charge on any atom is 0.519 e. The third-order valence-electron chi connectivity index (χ3n) is 4.12. The zero-order valence-electron chi connectivity index (χ0n) is 16.3. The van der Waals surface area contributed by atoms with Gasteiger partial charge in [-0.15, -0.1) is 12.6 Å². The molecule has 1 rings (SSSR count). The summed E-state index contributed by atoms with van der Waals surface area (Å²) in [6.45, 7) is 0. The average Bonchev–Trinajstić information content (AvgIpc) is 2.71. The van der Waals surface area contributed by atoms with Crippen molar-refractivity contribution in [2.75, 3.05) is 0 Å². The molecule has 0 aliphatic carbocycles. The van der Waals surface area contributed by atoms with Gasteiger partial charge in [-0.25, -0.2) is 4.39 Å². The standard InChI is InChI=1S/C14H6F18NO3S/c15-6(8(18,19)20)7(16,17)9(21,22)10(23,24)11(25,26)12(27,28)13(29,30)14(31,32)36-37(34,35)33-4-2-1-3-5-33/h1-6H/q+1. The number of halogens is 18. The molecule has 0 bridgehead atoms. The third-order valence-corrected chi connectivity index (χ3v) is 5.30. The van der Waals surface area contributed by atoms with Crippen LogP contribution in [0.3, 0.4) is 0 Å². The van der Waals surface area contributed by atoms with Gasteiger partial charge in [0, 0.05) is 12.1 Å². The molecule has 1 heterocycles. The molecule has 1 unspecified atom stereocenters. The van der Waals surface area contributed by atoms with E-state index in [0.717, 1.165) is 6.07 Å². The summed E-state index contributed by atoms with van der Waals surface area (Å²) in [5.41, 5.74) is 0. The molecule has 0 aliphatic heterocycles. The Labute approximate surface area is 191 Å². The van der Waals surface area contributed by atoms with Crippen LogP contribution in [-0.2, 0) is 14.5 Å². The molecule has 1 atom stereocenters. The van der Waals surface area contributed by atoms with Crippen molar-refractivity contribution in [2.45, 2.75) is 54.0 Å². The van der Waals surface area contributed by atoms with Crippen LogP contribution in [-0.4, -0.2) is 62.4 Å². The summed E-state index contributed by atoms with van der Waals surface area (Å²) in [5.74, 6) is -51.5. The van der Waals surface area contributed by atoms with E-state index in [1.807, 2.05) is 0 Å². The minimum Gasteiger partial charge on any atom is -0.230 e. The molecule has 0 saturated heterocycles. The highest BCUT2D eigenvalue weighted by atomic mass is 32.2. The van der Waals surface area contributed by atoms with E-state index in [9.17, 15) is 87.4 Å². The predicted octanol–water partition coefficient (Wildman–Crippen LogP) is 5.39. The second-order valence-corrected chi connectivity index (χ2v) is 8.11. The molecule has 0 aromatic carbocycles. The Bertz CT molecular complexity index is 1070. The lowest BCUT2D eigenvalue weighted by molar-refractivity contribution is -0.530. The lowest BCUT2D eigenvalue weighted by Gasteiger charge is -2.42. The number of pyridine rings is 1. The van der Waals surface area contributed by atoms with E-state index >= 15 is 0 Å². The van der Waals surface area contributed by atoms with Crippen molar-refractivity contribution in [3.8, 4) is 0 Å². The van der Waals surface area contributed by atoms with Gasteiger partial charge >= 0.3 is 58.1 Å². The molecule has 0 amide bonds. The van der Waals surface area contributed by atoms with Crippen LogP contribution in [0.25, 0.3) is 0 Å². The normalized spacial score (nSPS) is 16.6. The predicted molar refractivity (Wildman–Crippen MR) is 77.6 cm³/mol. The molecule has 0 N–H and O–H groups in total. The topological polar surface area (TPSA) is 47.3 Å². The molecule has 0 aliphatic rings. The summed E-state index contributed by atoms with van der Waals surface area (Å²) in [4.78, 5) is 0. The number of aromatic nitrogens is 1. The van der Waals surface area contributed by atoms with Crippen molar-refractivity contribution in [1.82, 2.24) is 0 Å². The molecular formula is C14H6F18NO3S+. The molecule has 0 radical (unpaired) electrons. The number of nitrogens with zero attached hydrogens (tertiary/aromatic N) is 1. The lowest BCUT2D eigenvalue weighted by Crippen LogP contribution is -2.74. The van der Waals surface area contributed by atoms with Gasteiger partial charge in [-0.1, -0.05) is 10.0 Å². The van der Waals surface area contributed by atoms with E-state index in [2.05, 4.69) is 4.18 Å². The summed E-state index contributed by atoms with van der Waals surface area (Å²) in [6.07, 6.45) is -21.0. The van der Waals surface area contributed by atoms with Crippen LogP contribution in [0.4, 0.5) is 79.0 Å². The largest absolute Gasteiger partial charge is 0.519 e. The van der Waals surface area contributed by atoms with Gasteiger partial charge in [0.05, 0.1) is 0 Å². The van der Waals surface area contributed by atoms with Crippen molar-refractivity contribution in [2.24, 2.45) is 0 Å². The molecular weight excluding hydrogens is 604 g/mol. The first-order valence-corrected chi connectivity index (χ1v) is 9.61. The van der Waals surface area contributed by atoms with Crippen LogP contribution < -0.4 is 3.97 Å². The van der Waals surface area contributed by atoms with Gasteiger partial charge in [-0.2, -0.15) is 74.6 Å². The Kier molecular flexibility index (Phi) is 7.93. The summed E-state index contributed by atoms with van der Waals surface area (Å²) in [7, 11) is -6.44. The Morgan fingerprint density at radius 2 is 0.919 bits per heavy atom. The monoisotopic (exact) mass is 610 g/mol. The molecule has 0 fully saturated rings. The fourth-order valence-corrected chi connectivity index (χ4v) is 3.00. The number of hydrogen-bond donors (Lipinski definition) is 0. The smallest absolute Gasteiger partial charge is 0.230 e. The fraction of sp³-hybridized carbons (Fsp3) is 0.643. The molecule has 0 saturated carbocycles. The van der Waals surface area contributed by atoms with E-state index in [1.165, 1.54) is 0 Å². The molecule has 1 aromatic heterocycles. The quantitative estimate of drug-likeness (QED) is 0.264. The Hall–Kier alpha value is -2.20. The van der Waals surface area contributed by atoms with Crippen molar-refractivity contribution in [1.29, 1.82) is 0 Å². The van der Waals surface area contributed by atoms with Crippen LogP contribution in [0.1, 0.15) is 0 Å². The third kappa shape index (κ3) is 4.87. The van der Waals surface area contributed by atoms with Crippen LogP contribution in [0.15, 0.2) is 30.6 Å². The summed E-state index contributed by atoms with van der Waals surface area (Å²) >= 11 is 0. The van der Waals surface area contributed by atoms with Gasteiger partial charge in [0.2, 0.25) is 0 Å². The summed E-state index contributed by atoms with van der Waals surface area (Å²) < 4.78 is 262. The zero-order valence-corrected chi connectivity index (χ0v) is 17.2. The number of hydrogen-bond acceptors (Lipinski definition) is 3. The van der Waals surface area contributed by atoms with E-state index < -0.39 is 68.3 Å². The van der Waals surface area contributed by atoms with Gasteiger partial charge in [-0.3, -0.25) is 0 Å².